The van der Waals surface area contributed by atoms with Crippen LogP contribution in [0, 0.1) is 16.5 Å². The van der Waals surface area contributed by atoms with Gasteiger partial charge in [0.2, 0.25) is 6.41 Å². The van der Waals surface area contributed by atoms with E-state index in [1.807, 2.05) is 6.07 Å². The van der Waals surface area contributed by atoms with E-state index >= 15 is 0 Å². The summed E-state index contributed by atoms with van der Waals surface area (Å²) in [5, 5.41) is 29.5. The molecule has 4 rings (SSSR count). The largest absolute Gasteiger partial charge is 0.624 e. The van der Waals surface area contributed by atoms with Gasteiger partial charge >= 0.3 is 12.1 Å². The van der Waals surface area contributed by atoms with Crippen molar-refractivity contribution in [2.45, 2.75) is 13.1 Å². The Balaban J connectivity index is 1.87. The van der Waals surface area contributed by atoms with Crippen molar-refractivity contribution in [2.75, 3.05) is 24.7 Å². The highest BCUT2D eigenvalue weighted by Gasteiger charge is 2.42. The van der Waals surface area contributed by atoms with Gasteiger partial charge in [-0.25, -0.2) is 9.48 Å². The molecule has 0 aliphatic carbocycles. The number of allylic oxidation sites excluding steroid dienone is 1. The zero-order valence-corrected chi connectivity index (χ0v) is 19.6. The Bertz CT molecular complexity index is 1410. The first-order valence-electron chi connectivity index (χ1n) is 11.1. The second-order valence-corrected chi connectivity index (χ2v) is 8.35. The van der Waals surface area contributed by atoms with Crippen LogP contribution in [0.2, 0.25) is 0 Å². The maximum absolute atomic E-state index is 13.8. The molecule has 190 valence electrons. The third-order valence-corrected chi connectivity index (χ3v) is 6.05. The third-order valence-electron chi connectivity index (χ3n) is 6.05. The normalized spacial score (nSPS) is 18.1. The van der Waals surface area contributed by atoms with Crippen molar-refractivity contribution < 1.29 is 27.4 Å². The average molecular weight is 510 g/mol. The lowest BCUT2D eigenvalue weighted by Gasteiger charge is -2.47. The summed E-state index contributed by atoms with van der Waals surface area (Å²) in [5.74, 6) is -0.816. The number of anilines is 1. The molecule has 0 radical (unpaired) electrons. The van der Waals surface area contributed by atoms with Gasteiger partial charge in [-0.3, -0.25) is 14.3 Å². The molecule has 1 atom stereocenters. The van der Waals surface area contributed by atoms with Crippen LogP contribution in [0.5, 0.6) is 0 Å². The predicted molar refractivity (Wildman–Crippen MR) is 127 cm³/mol. The van der Waals surface area contributed by atoms with Gasteiger partial charge in [-0.05, 0) is 55.5 Å². The van der Waals surface area contributed by atoms with E-state index in [0.29, 0.717) is 17.7 Å². The second kappa shape index (κ2) is 9.88. The molecule has 0 spiro atoms. The van der Waals surface area contributed by atoms with E-state index in [4.69, 9.17) is 5.26 Å². The maximum atomic E-state index is 13.8. The molecule has 2 aromatic carbocycles. The van der Waals surface area contributed by atoms with Crippen molar-refractivity contribution >= 4 is 23.6 Å². The zero-order chi connectivity index (χ0) is 26.8. The number of nitriles is 1. The molecule has 1 N–H and O–H groups in total. The Kier molecular flexibility index (Phi) is 6.84. The summed E-state index contributed by atoms with van der Waals surface area (Å²) < 4.78 is 40.2. The molecule has 1 aromatic heterocycles. The summed E-state index contributed by atoms with van der Waals surface area (Å²) in [5.41, 5.74) is 0.615. The van der Waals surface area contributed by atoms with E-state index in [1.165, 1.54) is 34.0 Å². The fourth-order valence-corrected chi connectivity index (χ4v) is 4.16. The zero-order valence-electron chi connectivity index (χ0n) is 19.6. The van der Waals surface area contributed by atoms with E-state index in [9.17, 15) is 28.0 Å². The van der Waals surface area contributed by atoms with Gasteiger partial charge in [0.15, 0.2) is 6.67 Å². The third kappa shape index (κ3) is 4.95. The first-order chi connectivity index (χ1) is 17.6. The lowest BCUT2D eigenvalue weighted by atomic mass is 10.0. The van der Waals surface area contributed by atoms with Gasteiger partial charge in [-0.2, -0.15) is 23.5 Å². The average Bonchev–Trinajstić information content (AvgIpc) is 3.36. The van der Waals surface area contributed by atoms with Crippen LogP contribution in [0.25, 0.3) is 11.3 Å². The van der Waals surface area contributed by atoms with Crippen LogP contribution in [-0.4, -0.2) is 46.5 Å². The minimum Gasteiger partial charge on any atom is -0.624 e. The summed E-state index contributed by atoms with van der Waals surface area (Å²) in [6, 6.07) is 14.4. The Morgan fingerprint density at radius 2 is 1.92 bits per heavy atom. The number of hydrogen-bond acceptors (Lipinski definition) is 6. The smallest absolute Gasteiger partial charge is 0.416 e. The summed E-state index contributed by atoms with van der Waals surface area (Å²) in [6.07, 6.45) is -2.78. The number of rotatable bonds is 7. The number of alkyl halides is 3. The Labute approximate surface area is 209 Å². The lowest BCUT2D eigenvalue weighted by molar-refractivity contribution is -0.799. The van der Waals surface area contributed by atoms with E-state index in [0.717, 1.165) is 12.1 Å². The number of nitrogens with one attached hydrogen (secondary N) is 1. The minimum atomic E-state index is -4.60. The minimum absolute atomic E-state index is 0.0216. The summed E-state index contributed by atoms with van der Waals surface area (Å²) in [4.78, 5) is 25.7. The fraction of sp³-hybridized carbons (Fsp3) is 0.200. The fourth-order valence-electron chi connectivity index (χ4n) is 4.16. The molecule has 0 saturated heterocycles. The number of halogens is 3. The topological polar surface area (TPSA) is 114 Å². The van der Waals surface area contributed by atoms with E-state index < -0.39 is 29.0 Å². The Morgan fingerprint density at radius 1 is 1.19 bits per heavy atom. The van der Waals surface area contributed by atoms with Gasteiger partial charge in [-0.15, -0.1) is 0 Å². The number of aromatic nitrogens is 2. The molecule has 0 bridgehead atoms. The van der Waals surface area contributed by atoms with Crippen LogP contribution < -0.4 is 10.2 Å². The molecule has 9 nitrogen and oxygen atoms in total. The molecule has 1 aliphatic heterocycles. The molecule has 0 saturated carbocycles. The highest BCUT2D eigenvalue weighted by Crippen LogP contribution is 2.38. The molecule has 2 heterocycles. The second-order valence-electron chi connectivity index (χ2n) is 8.35. The number of carbonyl (C=O) groups is 2. The monoisotopic (exact) mass is 510 g/mol. The van der Waals surface area contributed by atoms with E-state index in [-0.39, 0.29) is 35.7 Å². The molecule has 12 heteroatoms. The molecule has 2 amide bonds. The predicted octanol–water partition coefficient (Wildman–Crippen LogP) is 3.56. The number of nitrogens with zero attached hydrogens (tertiary/aromatic N) is 5. The van der Waals surface area contributed by atoms with Crippen LogP contribution in [0.4, 0.5) is 18.9 Å². The first kappa shape index (κ1) is 25.6. The Hall–Kier alpha value is -4.47. The molecule has 0 fully saturated rings. The van der Waals surface area contributed by atoms with Crippen molar-refractivity contribution in [3.05, 3.63) is 88.5 Å². The van der Waals surface area contributed by atoms with Gasteiger partial charge in [-0.1, -0.05) is 6.07 Å². The lowest BCUT2D eigenvalue weighted by Crippen LogP contribution is -2.59. The van der Waals surface area contributed by atoms with Crippen LogP contribution >= 0.6 is 0 Å². The van der Waals surface area contributed by atoms with Gasteiger partial charge in [0.25, 0.3) is 0 Å². The summed E-state index contributed by atoms with van der Waals surface area (Å²) in [7, 11) is 0. The molecule has 1 aliphatic rings. The van der Waals surface area contributed by atoms with Gasteiger partial charge < -0.3 is 10.5 Å². The number of amides is 2. The van der Waals surface area contributed by atoms with Crippen LogP contribution in [0.3, 0.4) is 0 Å². The number of hydroxylamine groups is 3. The van der Waals surface area contributed by atoms with Gasteiger partial charge in [0.1, 0.15) is 12.1 Å². The molecule has 37 heavy (non-hydrogen) atoms. The van der Waals surface area contributed by atoms with E-state index in [2.05, 4.69) is 10.4 Å². The highest BCUT2D eigenvalue weighted by atomic mass is 19.4. The van der Waals surface area contributed by atoms with Crippen molar-refractivity contribution in [1.82, 2.24) is 15.1 Å². The Morgan fingerprint density at radius 3 is 2.57 bits per heavy atom. The molecule has 1 unspecified atom stereocenters. The van der Waals surface area contributed by atoms with Crippen LogP contribution in [0.1, 0.15) is 23.7 Å². The number of benzene rings is 2. The van der Waals surface area contributed by atoms with E-state index in [1.54, 1.807) is 31.2 Å². The van der Waals surface area contributed by atoms with Crippen molar-refractivity contribution in [3.8, 4) is 11.8 Å². The maximum Gasteiger partial charge on any atom is 0.416 e. The van der Waals surface area contributed by atoms with Crippen molar-refractivity contribution in [2.24, 2.45) is 0 Å². The molecule has 3 aromatic rings. The van der Waals surface area contributed by atoms with Gasteiger partial charge in [0, 0.05) is 11.4 Å². The summed E-state index contributed by atoms with van der Waals surface area (Å²) in [6.45, 7) is 0.614. The molecular weight excluding hydrogens is 489 g/mol. The number of carbonyl (C=O) groups excluding carboxylic acids is 2. The SMILES string of the molecule is CC1=C(c2ccnn2-c2ccc(C#N)cc2)C(=O)[N+]([O-])(CCNC=O)CN1c1cccc(C(F)(F)F)c1. The summed E-state index contributed by atoms with van der Waals surface area (Å²) >= 11 is 0. The quantitative estimate of drug-likeness (QED) is 0.225. The van der Waals surface area contributed by atoms with Crippen LogP contribution in [0.15, 0.2) is 66.5 Å². The van der Waals surface area contributed by atoms with Crippen LogP contribution in [-0.2, 0) is 15.8 Å². The van der Waals surface area contributed by atoms with Crippen molar-refractivity contribution in [3.63, 3.8) is 0 Å². The first-order valence-corrected chi connectivity index (χ1v) is 11.1. The van der Waals surface area contributed by atoms with Gasteiger partial charge in [0.05, 0.1) is 41.3 Å². The standard InChI is InChI=1S/C25H21F3N6O3/c1-17-23(22-9-10-31-33(22)20-7-5-18(14-29)6-8-20)24(36)34(37,12-11-30-15-35)16-32(17)21-4-2-3-19(13-21)25(26,27)28/h2-10,13,15H,11-12,16H2,1H3,(H,30,35). The highest BCUT2D eigenvalue weighted by molar-refractivity contribution is 6.18. The molecular formula is C25H21F3N6O3. The number of quaternary nitrogens is 1. The van der Waals surface area contributed by atoms with Crippen molar-refractivity contribution in [1.29, 1.82) is 5.26 Å². The number of hydrogen-bond donors (Lipinski definition) is 1.